The first-order valence-corrected chi connectivity index (χ1v) is 10.2. The predicted octanol–water partition coefficient (Wildman–Crippen LogP) is 3.58. The Balaban J connectivity index is 1.79. The number of rotatable bonds is 3. The molecular weight excluding hydrogens is 388 g/mol. The van der Waals surface area contributed by atoms with E-state index in [1.54, 1.807) is 10.4 Å². The molecule has 4 nitrogen and oxygen atoms in total. The molecule has 1 heterocycles. The standard InChI is InChI=1S/C18H21BrN2O2S/c1-14-12-17(19)18(13-15(14)2)24(22,23)21-10-8-20(9-11-21)16-6-4-3-5-7-16/h3-7,12-13H,8-11H2,1-2H3. The number of halogens is 1. The molecule has 0 radical (unpaired) electrons. The number of hydrogen-bond acceptors (Lipinski definition) is 3. The summed E-state index contributed by atoms with van der Waals surface area (Å²) < 4.78 is 28.2. The maximum atomic E-state index is 13.0. The summed E-state index contributed by atoms with van der Waals surface area (Å²) in [5.41, 5.74) is 3.20. The van der Waals surface area contributed by atoms with E-state index in [4.69, 9.17) is 0 Å². The Morgan fingerprint density at radius 1 is 0.917 bits per heavy atom. The van der Waals surface area contributed by atoms with Crippen LogP contribution in [-0.2, 0) is 10.0 Å². The summed E-state index contributed by atoms with van der Waals surface area (Å²) in [6.45, 7) is 6.31. The number of benzene rings is 2. The summed E-state index contributed by atoms with van der Waals surface area (Å²) in [5, 5.41) is 0. The fourth-order valence-corrected chi connectivity index (χ4v) is 5.54. The van der Waals surface area contributed by atoms with Gasteiger partial charge in [-0.05, 0) is 65.2 Å². The molecule has 1 saturated heterocycles. The lowest BCUT2D eigenvalue weighted by Crippen LogP contribution is -2.48. The Kier molecular flexibility index (Phi) is 4.99. The number of para-hydroxylation sites is 1. The normalized spacial score (nSPS) is 16.4. The van der Waals surface area contributed by atoms with Crippen molar-refractivity contribution in [2.75, 3.05) is 31.1 Å². The van der Waals surface area contributed by atoms with Gasteiger partial charge in [0.05, 0.1) is 4.90 Å². The molecule has 0 atom stereocenters. The molecule has 1 aliphatic heterocycles. The van der Waals surface area contributed by atoms with Gasteiger partial charge in [0, 0.05) is 36.3 Å². The highest BCUT2D eigenvalue weighted by Gasteiger charge is 2.30. The summed E-state index contributed by atoms with van der Waals surface area (Å²) >= 11 is 3.42. The van der Waals surface area contributed by atoms with Gasteiger partial charge in [0.1, 0.15) is 0 Å². The summed E-state index contributed by atoms with van der Waals surface area (Å²) in [5.74, 6) is 0. The lowest BCUT2D eigenvalue weighted by Gasteiger charge is -2.35. The van der Waals surface area contributed by atoms with Gasteiger partial charge in [-0.3, -0.25) is 0 Å². The second-order valence-electron chi connectivity index (χ2n) is 6.09. The van der Waals surface area contributed by atoms with Crippen LogP contribution < -0.4 is 4.90 Å². The topological polar surface area (TPSA) is 40.6 Å². The summed E-state index contributed by atoms with van der Waals surface area (Å²) in [6.07, 6.45) is 0. The van der Waals surface area contributed by atoms with Gasteiger partial charge in [0.2, 0.25) is 10.0 Å². The van der Waals surface area contributed by atoms with Crippen molar-refractivity contribution < 1.29 is 8.42 Å². The van der Waals surface area contributed by atoms with Crippen LogP contribution in [0, 0.1) is 13.8 Å². The molecule has 1 fully saturated rings. The van der Waals surface area contributed by atoms with E-state index in [0.717, 1.165) is 16.8 Å². The predicted molar refractivity (Wildman–Crippen MR) is 101 cm³/mol. The molecule has 0 unspecified atom stereocenters. The summed E-state index contributed by atoms with van der Waals surface area (Å²) in [6, 6.07) is 13.8. The third-order valence-corrected chi connectivity index (χ3v) is 7.38. The molecular formula is C18H21BrN2O2S. The quantitative estimate of drug-likeness (QED) is 0.778. The highest BCUT2D eigenvalue weighted by atomic mass is 79.9. The smallest absolute Gasteiger partial charge is 0.244 e. The molecule has 0 spiro atoms. The van der Waals surface area contributed by atoms with Gasteiger partial charge in [0.25, 0.3) is 0 Å². The van der Waals surface area contributed by atoms with Gasteiger partial charge in [0.15, 0.2) is 0 Å². The maximum absolute atomic E-state index is 13.0. The van der Waals surface area contributed by atoms with E-state index in [0.29, 0.717) is 35.5 Å². The summed E-state index contributed by atoms with van der Waals surface area (Å²) in [7, 11) is -3.48. The van der Waals surface area contributed by atoms with Crippen LogP contribution >= 0.6 is 15.9 Å². The molecule has 24 heavy (non-hydrogen) atoms. The van der Waals surface area contributed by atoms with Gasteiger partial charge >= 0.3 is 0 Å². The molecule has 0 amide bonds. The van der Waals surface area contributed by atoms with Crippen LogP contribution in [0.25, 0.3) is 0 Å². The minimum Gasteiger partial charge on any atom is -0.369 e. The molecule has 0 aromatic heterocycles. The average molecular weight is 409 g/mol. The Morgan fingerprint density at radius 2 is 1.50 bits per heavy atom. The van der Waals surface area contributed by atoms with Crippen LogP contribution in [0.4, 0.5) is 5.69 Å². The van der Waals surface area contributed by atoms with Crippen molar-refractivity contribution in [2.24, 2.45) is 0 Å². The van der Waals surface area contributed by atoms with Crippen molar-refractivity contribution >= 4 is 31.6 Å². The molecule has 0 bridgehead atoms. The van der Waals surface area contributed by atoms with Crippen LogP contribution in [0.5, 0.6) is 0 Å². The zero-order chi connectivity index (χ0) is 17.3. The highest BCUT2D eigenvalue weighted by molar-refractivity contribution is 9.10. The van der Waals surface area contributed by atoms with Gasteiger partial charge < -0.3 is 4.90 Å². The van der Waals surface area contributed by atoms with E-state index in [2.05, 4.69) is 33.0 Å². The Bertz CT molecular complexity index is 830. The SMILES string of the molecule is Cc1cc(Br)c(S(=O)(=O)N2CCN(c3ccccc3)CC2)cc1C. The van der Waals surface area contributed by atoms with Gasteiger partial charge in [-0.2, -0.15) is 4.31 Å². The second kappa shape index (κ2) is 6.86. The van der Waals surface area contributed by atoms with E-state index < -0.39 is 10.0 Å². The molecule has 1 aliphatic rings. The number of hydrogen-bond donors (Lipinski definition) is 0. The van der Waals surface area contributed by atoms with Crippen LogP contribution in [0.1, 0.15) is 11.1 Å². The molecule has 3 rings (SSSR count). The number of aryl methyl sites for hydroxylation is 2. The number of sulfonamides is 1. The minimum atomic E-state index is -3.48. The van der Waals surface area contributed by atoms with Crippen molar-refractivity contribution in [2.45, 2.75) is 18.7 Å². The van der Waals surface area contributed by atoms with Gasteiger partial charge in [-0.1, -0.05) is 18.2 Å². The maximum Gasteiger partial charge on any atom is 0.244 e. The molecule has 0 saturated carbocycles. The molecule has 2 aromatic carbocycles. The van der Waals surface area contributed by atoms with E-state index in [9.17, 15) is 8.42 Å². The van der Waals surface area contributed by atoms with Crippen molar-refractivity contribution in [1.29, 1.82) is 0 Å². The van der Waals surface area contributed by atoms with Crippen LogP contribution in [0.3, 0.4) is 0 Å². The molecule has 2 aromatic rings. The van der Waals surface area contributed by atoms with E-state index in [-0.39, 0.29) is 0 Å². The molecule has 6 heteroatoms. The molecule has 0 aliphatic carbocycles. The molecule has 0 N–H and O–H groups in total. The Hall–Kier alpha value is -1.37. The number of anilines is 1. The highest BCUT2D eigenvalue weighted by Crippen LogP contribution is 2.29. The second-order valence-corrected chi connectivity index (χ2v) is 8.85. The average Bonchev–Trinajstić information content (AvgIpc) is 2.59. The Labute approximate surface area is 152 Å². The fourth-order valence-electron chi connectivity index (χ4n) is 2.92. The van der Waals surface area contributed by atoms with Crippen molar-refractivity contribution in [1.82, 2.24) is 4.31 Å². The lowest BCUT2D eigenvalue weighted by molar-refractivity contribution is 0.384. The first-order valence-electron chi connectivity index (χ1n) is 7.96. The largest absolute Gasteiger partial charge is 0.369 e. The van der Waals surface area contributed by atoms with E-state index >= 15 is 0 Å². The van der Waals surface area contributed by atoms with Gasteiger partial charge in [-0.15, -0.1) is 0 Å². The molecule has 128 valence electrons. The number of nitrogens with zero attached hydrogens (tertiary/aromatic N) is 2. The first kappa shape index (κ1) is 17.5. The minimum absolute atomic E-state index is 0.360. The van der Waals surface area contributed by atoms with Crippen LogP contribution in [-0.4, -0.2) is 38.9 Å². The first-order chi connectivity index (χ1) is 11.4. The van der Waals surface area contributed by atoms with Gasteiger partial charge in [-0.25, -0.2) is 8.42 Å². The zero-order valence-corrected chi connectivity index (χ0v) is 16.3. The number of piperazine rings is 1. The van der Waals surface area contributed by atoms with Crippen molar-refractivity contribution in [3.05, 3.63) is 58.1 Å². The fraction of sp³-hybridized carbons (Fsp3) is 0.333. The summed E-state index contributed by atoms with van der Waals surface area (Å²) in [4.78, 5) is 2.58. The Morgan fingerprint density at radius 3 is 2.12 bits per heavy atom. The van der Waals surface area contributed by atoms with Crippen LogP contribution in [0.2, 0.25) is 0 Å². The third kappa shape index (κ3) is 3.36. The zero-order valence-electron chi connectivity index (χ0n) is 13.9. The van der Waals surface area contributed by atoms with Crippen molar-refractivity contribution in [3.8, 4) is 0 Å². The lowest BCUT2D eigenvalue weighted by atomic mass is 10.1. The van der Waals surface area contributed by atoms with E-state index in [1.165, 1.54) is 0 Å². The van der Waals surface area contributed by atoms with Crippen molar-refractivity contribution in [3.63, 3.8) is 0 Å². The monoisotopic (exact) mass is 408 g/mol. The third-order valence-electron chi connectivity index (χ3n) is 4.53. The van der Waals surface area contributed by atoms with E-state index in [1.807, 2.05) is 38.1 Å². The van der Waals surface area contributed by atoms with Crippen LogP contribution in [0.15, 0.2) is 51.8 Å².